The minimum Gasteiger partial charge on any atom is -0.335 e. The van der Waals surface area contributed by atoms with Crippen LogP contribution in [0.25, 0.3) is 0 Å². The Hall–Kier alpha value is -2.02. The monoisotopic (exact) mass is 215 g/mol. The predicted octanol–water partition coefficient (Wildman–Crippen LogP) is 2.15. The molecule has 0 bridgehead atoms. The molecule has 0 atom stereocenters. The highest BCUT2D eigenvalue weighted by Gasteiger charge is 2.23. The molecule has 0 heterocycles. The molecule has 1 aromatic rings. The summed E-state index contributed by atoms with van der Waals surface area (Å²) in [5.74, 6) is 0. The topological polar surface area (TPSA) is 64.9 Å². The highest BCUT2D eigenvalue weighted by Crippen LogP contribution is 2.20. The molecule has 1 fully saturated rings. The summed E-state index contributed by atoms with van der Waals surface area (Å²) in [6.45, 7) is 1.90. The zero-order valence-electron chi connectivity index (χ0n) is 9.08. The molecule has 4 nitrogen and oxygen atoms in total. The van der Waals surface area contributed by atoms with Crippen molar-refractivity contribution >= 4 is 11.7 Å². The van der Waals surface area contributed by atoms with Crippen LogP contribution in [0, 0.1) is 18.3 Å². The molecule has 0 aromatic heterocycles. The molecule has 1 aliphatic rings. The van der Waals surface area contributed by atoms with Crippen LogP contribution < -0.4 is 10.6 Å². The third kappa shape index (κ3) is 2.51. The molecule has 1 saturated carbocycles. The number of hydrogen-bond donors (Lipinski definition) is 2. The van der Waals surface area contributed by atoms with Crippen LogP contribution in [0.5, 0.6) is 0 Å². The third-order valence-electron chi connectivity index (χ3n) is 2.53. The Morgan fingerprint density at radius 3 is 2.88 bits per heavy atom. The van der Waals surface area contributed by atoms with Crippen LogP contribution in [0.4, 0.5) is 10.5 Å². The number of aryl methyl sites for hydroxylation is 1. The minimum atomic E-state index is -0.194. The van der Waals surface area contributed by atoms with Gasteiger partial charge in [0.2, 0.25) is 0 Å². The fourth-order valence-electron chi connectivity index (χ4n) is 1.40. The third-order valence-corrected chi connectivity index (χ3v) is 2.53. The molecule has 82 valence electrons. The number of hydrogen-bond acceptors (Lipinski definition) is 2. The molecule has 1 aliphatic carbocycles. The summed E-state index contributed by atoms with van der Waals surface area (Å²) in [6, 6.07) is 7.43. The van der Waals surface area contributed by atoms with Gasteiger partial charge in [0.05, 0.1) is 11.6 Å². The van der Waals surface area contributed by atoms with E-state index in [0.717, 1.165) is 18.4 Å². The molecule has 0 aliphatic heterocycles. The lowest BCUT2D eigenvalue weighted by Crippen LogP contribution is -2.30. The number of amides is 2. The van der Waals surface area contributed by atoms with Gasteiger partial charge in [-0.05, 0) is 37.5 Å². The van der Waals surface area contributed by atoms with Gasteiger partial charge in [0, 0.05) is 11.7 Å². The summed E-state index contributed by atoms with van der Waals surface area (Å²) >= 11 is 0. The van der Waals surface area contributed by atoms with Crippen LogP contribution >= 0.6 is 0 Å². The van der Waals surface area contributed by atoms with Crippen molar-refractivity contribution in [3.63, 3.8) is 0 Å². The van der Waals surface area contributed by atoms with Crippen LogP contribution in [0.3, 0.4) is 0 Å². The van der Waals surface area contributed by atoms with Crippen LogP contribution in [0.15, 0.2) is 18.2 Å². The van der Waals surface area contributed by atoms with Crippen molar-refractivity contribution in [2.75, 3.05) is 5.32 Å². The molecule has 0 radical (unpaired) electrons. The lowest BCUT2D eigenvalue weighted by atomic mass is 10.1. The van der Waals surface area contributed by atoms with E-state index in [4.69, 9.17) is 5.26 Å². The molecule has 1 aromatic carbocycles. The fraction of sp³-hybridized carbons (Fsp3) is 0.333. The normalized spacial score (nSPS) is 14.0. The standard InChI is InChI=1S/C12H13N3O/c1-8-2-3-9(7-13)6-11(8)15-12(16)14-10-4-5-10/h2-3,6,10H,4-5H2,1H3,(H2,14,15,16). The molecular formula is C12H13N3O. The van der Waals surface area contributed by atoms with Gasteiger partial charge >= 0.3 is 6.03 Å². The molecule has 0 spiro atoms. The van der Waals surface area contributed by atoms with Gasteiger partial charge in [0.15, 0.2) is 0 Å². The van der Waals surface area contributed by atoms with Gasteiger partial charge in [-0.1, -0.05) is 6.07 Å². The van der Waals surface area contributed by atoms with Gasteiger partial charge in [-0.15, -0.1) is 0 Å². The average Bonchev–Trinajstić information content (AvgIpc) is 3.05. The van der Waals surface area contributed by atoms with Crippen molar-refractivity contribution in [3.8, 4) is 6.07 Å². The van der Waals surface area contributed by atoms with E-state index in [0.29, 0.717) is 17.3 Å². The van der Waals surface area contributed by atoms with Gasteiger partial charge in [-0.25, -0.2) is 4.79 Å². The van der Waals surface area contributed by atoms with E-state index in [1.165, 1.54) is 0 Å². The summed E-state index contributed by atoms with van der Waals surface area (Å²) in [4.78, 5) is 11.5. The summed E-state index contributed by atoms with van der Waals surface area (Å²) in [5.41, 5.74) is 2.19. The molecule has 2 amide bonds. The second-order valence-electron chi connectivity index (χ2n) is 4.01. The SMILES string of the molecule is Cc1ccc(C#N)cc1NC(=O)NC1CC1. The predicted molar refractivity (Wildman–Crippen MR) is 61.1 cm³/mol. The Kier molecular flexibility index (Phi) is 2.78. The van der Waals surface area contributed by atoms with Crippen molar-refractivity contribution in [3.05, 3.63) is 29.3 Å². The van der Waals surface area contributed by atoms with Gasteiger partial charge in [-0.3, -0.25) is 0 Å². The van der Waals surface area contributed by atoms with E-state index in [-0.39, 0.29) is 6.03 Å². The lowest BCUT2D eigenvalue weighted by molar-refractivity contribution is 0.251. The second kappa shape index (κ2) is 4.23. The van der Waals surface area contributed by atoms with E-state index in [2.05, 4.69) is 10.6 Å². The first-order valence-electron chi connectivity index (χ1n) is 5.27. The van der Waals surface area contributed by atoms with E-state index in [9.17, 15) is 4.79 Å². The van der Waals surface area contributed by atoms with E-state index >= 15 is 0 Å². The van der Waals surface area contributed by atoms with Crippen LogP contribution in [-0.2, 0) is 0 Å². The molecule has 0 unspecified atom stereocenters. The first-order valence-corrected chi connectivity index (χ1v) is 5.27. The molecule has 16 heavy (non-hydrogen) atoms. The summed E-state index contributed by atoms with van der Waals surface area (Å²) < 4.78 is 0. The first kappa shape index (κ1) is 10.5. The Morgan fingerprint density at radius 2 is 2.25 bits per heavy atom. The van der Waals surface area contributed by atoms with Gasteiger partial charge in [0.25, 0.3) is 0 Å². The maximum Gasteiger partial charge on any atom is 0.319 e. The number of nitriles is 1. The van der Waals surface area contributed by atoms with Crippen molar-refractivity contribution in [2.24, 2.45) is 0 Å². The molecular weight excluding hydrogens is 202 g/mol. The van der Waals surface area contributed by atoms with Crippen LogP contribution in [0.1, 0.15) is 24.0 Å². The first-order chi connectivity index (χ1) is 7.69. The van der Waals surface area contributed by atoms with Crippen molar-refractivity contribution in [1.29, 1.82) is 5.26 Å². The number of urea groups is 1. The molecule has 2 N–H and O–H groups in total. The number of nitrogens with zero attached hydrogens (tertiary/aromatic N) is 1. The van der Waals surface area contributed by atoms with Crippen LogP contribution in [0.2, 0.25) is 0 Å². The zero-order valence-corrected chi connectivity index (χ0v) is 9.08. The number of anilines is 1. The van der Waals surface area contributed by atoms with E-state index in [1.807, 2.05) is 19.1 Å². The summed E-state index contributed by atoms with van der Waals surface area (Å²) in [6.07, 6.45) is 2.12. The Balaban J connectivity index is 2.07. The van der Waals surface area contributed by atoms with Gasteiger partial charge in [0.1, 0.15) is 0 Å². The average molecular weight is 215 g/mol. The van der Waals surface area contributed by atoms with E-state index in [1.54, 1.807) is 12.1 Å². The number of benzene rings is 1. The smallest absolute Gasteiger partial charge is 0.319 e. The van der Waals surface area contributed by atoms with E-state index < -0.39 is 0 Å². The highest BCUT2D eigenvalue weighted by atomic mass is 16.2. The number of carbonyl (C=O) groups excluding carboxylic acids is 1. The summed E-state index contributed by atoms with van der Waals surface area (Å²) in [7, 11) is 0. The van der Waals surface area contributed by atoms with Gasteiger partial charge < -0.3 is 10.6 Å². The molecule has 0 saturated heterocycles. The number of rotatable bonds is 2. The molecule has 4 heteroatoms. The summed E-state index contributed by atoms with van der Waals surface area (Å²) in [5, 5.41) is 14.4. The maximum absolute atomic E-state index is 11.5. The van der Waals surface area contributed by atoms with Crippen molar-refractivity contribution in [2.45, 2.75) is 25.8 Å². The second-order valence-corrected chi connectivity index (χ2v) is 4.01. The quantitative estimate of drug-likeness (QED) is 0.793. The molecule has 2 rings (SSSR count). The van der Waals surface area contributed by atoms with Gasteiger partial charge in [-0.2, -0.15) is 5.26 Å². The minimum absolute atomic E-state index is 0.194. The zero-order chi connectivity index (χ0) is 11.5. The largest absolute Gasteiger partial charge is 0.335 e. The number of nitrogens with one attached hydrogen (secondary N) is 2. The van der Waals surface area contributed by atoms with Crippen molar-refractivity contribution in [1.82, 2.24) is 5.32 Å². The lowest BCUT2D eigenvalue weighted by Gasteiger charge is -2.09. The number of carbonyl (C=O) groups is 1. The Morgan fingerprint density at radius 1 is 1.50 bits per heavy atom. The highest BCUT2D eigenvalue weighted by molar-refractivity contribution is 5.90. The Bertz CT molecular complexity index is 458. The maximum atomic E-state index is 11.5. The van der Waals surface area contributed by atoms with Crippen molar-refractivity contribution < 1.29 is 4.79 Å². The fourth-order valence-corrected chi connectivity index (χ4v) is 1.40. The Labute approximate surface area is 94.3 Å². The van der Waals surface area contributed by atoms with Crippen LogP contribution in [-0.4, -0.2) is 12.1 Å².